The van der Waals surface area contributed by atoms with E-state index < -0.39 is 5.60 Å². The Kier molecular flexibility index (Phi) is 10.3. The van der Waals surface area contributed by atoms with Crippen molar-refractivity contribution in [2.24, 2.45) is 17.8 Å². The van der Waals surface area contributed by atoms with Gasteiger partial charge in [0.05, 0.1) is 30.2 Å². The molecule has 0 bridgehead atoms. The number of methoxy groups -OCH3 is 2. The van der Waals surface area contributed by atoms with Crippen molar-refractivity contribution in [3.63, 3.8) is 0 Å². The van der Waals surface area contributed by atoms with Crippen molar-refractivity contribution in [3.05, 3.63) is 18.2 Å². The van der Waals surface area contributed by atoms with E-state index in [0.29, 0.717) is 63.0 Å². The van der Waals surface area contributed by atoms with Gasteiger partial charge in [0.15, 0.2) is 5.60 Å². The second-order valence-electron chi connectivity index (χ2n) is 12.6. The number of anilines is 2. The number of rotatable bonds is 13. The number of carbonyl (C=O) groups excluding carboxylic acids is 3. The van der Waals surface area contributed by atoms with Gasteiger partial charge >= 0.3 is 0 Å². The van der Waals surface area contributed by atoms with Gasteiger partial charge in [-0.3, -0.25) is 14.4 Å². The highest BCUT2D eigenvalue weighted by Gasteiger charge is 2.43. The number of hydrogen-bond acceptors (Lipinski definition) is 7. The van der Waals surface area contributed by atoms with Crippen LogP contribution in [0.2, 0.25) is 0 Å². The van der Waals surface area contributed by atoms with Gasteiger partial charge in [0.1, 0.15) is 5.75 Å². The molecule has 2 N–H and O–H groups in total. The van der Waals surface area contributed by atoms with E-state index in [0.717, 1.165) is 24.9 Å². The lowest BCUT2D eigenvalue weighted by Gasteiger charge is -2.40. The van der Waals surface area contributed by atoms with Crippen LogP contribution in [0.5, 0.6) is 5.75 Å². The Hall–Kier alpha value is -2.69. The molecule has 1 saturated carbocycles. The number of benzene rings is 1. The lowest BCUT2D eigenvalue weighted by Crippen LogP contribution is -2.53. The Labute approximate surface area is 244 Å². The highest BCUT2D eigenvalue weighted by atomic mass is 16.5. The molecule has 2 fully saturated rings. The molecule has 3 amide bonds. The first-order chi connectivity index (χ1) is 19.6. The van der Waals surface area contributed by atoms with Gasteiger partial charge in [0, 0.05) is 52.2 Å². The van der Waals surface area contributed by atoms with Crippen LogP contribution in [0.15, 0.2) is 18.2 Å². The maximum Gasteiger partial charge on any atom is 0.270 e. The first-order valence-electron chi connectivity index (χ1n) is 15.0. The second kappa shape index (κ2) is 13.5. The van der Waals surface area contributed by atoms with Crippen LogP contribution in [-0.4, -0.2) is 82.5 Å². The number of nitrogens with one attached hydrogen (secondary N) is 2. The molecule has 0 unspecified atom stereocenters. The molecule has 10 nitrogen and oxygen atoms in total. The van der Waals surface area contributed by atoms with Crippen molar-refractivity contribution < 1.29 is 28.6 Å². The fourth-order valence-electron chi connectivity index (χ4n) is 5.93. The van der Waals surface area contributed by atoms with E-state index in [2.05, 4.69) is 24.5 Å². The third-order valence-electron chi connectivity index (χ3n) is 8.06. The van der Waals surface area contributed by atoms with Crippen molar-refractivity contribution >= 4 is 29.1 Å². The van der Waals surface area contributed by atoms with Crippen LogP contribution < -0.4 is 25.2 Å². The normalized spacial score (nSPS) is 22.6. The lowest BCUT2D eigenvalue weighted by molar-refractivity contribution is -0.132. The highest BCUT2D eigenvalue weighted by Crippen LogP contribution is 2.43. The van der Waals surface area contributed by atoms with Gasteiger partial charge < -0.3 is 34.6 Å². The van der Waals surface area contributed by atoms with Crippen molar-refractivity contribution in [2.45, 2.75) is 77.5 Å². The molecular weight excluding hydrogens is 524 g/mol. The third kappa shape index (κ3) is 7.59. The smallest absolute Gasteiger partial charge is 0.270 e. The van der Waals surface area contributed by atoms with Crippen molar-refractivity contribution in [3.8, 4) is 5.75 Å². The molecule has 1 saturated heterocycles. The van der Waals surface area contributed by atoms with Crippen LogP contribution in [0.4, 0.5) is 11.4 Å². The number of ether oxygens (including phenoxy) is 3. The Bertz CT molecular complexity index is 1090. The van der Waals surface area contributed by atoms with E-state index in [1.165, 1.54) is 0 Å². The number of carbonyl (C=O) groups is 3. The van der Waals surface area contributed by atoms with Crippen LogP contribution in [0.3, 0.4) is 0 Å². The zero-order valence-electron chi connectivity index (χ0n) is 25.5. The zero-order valence-corrected chi connectivity index (χ0v) is 25.5. The number of hydrogen-bond donors (Lipinski definition) is 2. The number of fused-ring (bicyclic) bond motifs is 1. The fourth-order valence-corrected chi connectivity index (χ4v) is 5.93. The van der Waals surface area contributed by atoms with Gasteiger partial charge in [0.25, 0.3) is 5.91 Å². The average molecular weight is 573 g/mol. The second-order valence-corrected chi connectivity index (χ2v) is 12.6. The molecule has 0 spiro atoms. The summed E-state index contributed by atoms with van der Waals surface area (Å²) in [6, 6.07) is 5.75. The molecule has 10 heteroatoms. The molecule has 1 aromatic rings. The minimum atomic E-state index is -0.978. The van der Waals surface area contributed by atoms with Crippen molar-refractivity contribution in [1.29, 1.82) is 0 Å². The molecule has 1 aliphatic carbocycles. The number of amides is 3. The summed E-state index contributed by atoms with van der Waals surface area (Å²) in [4.78, 5) is 44.2. The standard InChI is InChI=1S/C31H48N4O6/c1-20(2)14-23(19-40-6)33-28(36)21-15-22(18-32-17-21)29(37)35(24-8-9-24)25-10-11-27-26(16-25)34(12-7-13-39-5)30(38)31(3,4)41-27/h10-11,16,20-24,32H,7-9,12-15,17-19H2,1-6H3,(H,33,36)/t21-,22+,23+/m0/s1. The molecule has 0 radical (unpaired) electrons. The summed E-state index contributed by atoms with van der Waals surface area (Å²) in [5.74, 6) is 0.312. The van der Waals surface area contributed by atoms with Crippen LogP contribution in [0, 0.1) is 17.8 Å². The maximum atomic E-state index is 14.1. The summed E-state index contributed by atoms with van der Waals surface area (Å²) in [7, 11) is 3.29. The molecule has 228 valence electrons. The molecule has 3 aliphatic rings. The molecule has 3 atom stereocenters. The van der Waals surface area contributed by atoms with E-state index in [9.17, 15) is 14.4 Å². The molecule has 2 aliphatic heterocycles. The van der Waals surface area contributed by atoms with Crippen LogP contribution in [0.1, 0.15) is 59.8 Å². The van der Waals surface area contributed by atoms with Crippen LogP contribution in [0.25, 0.3) is 0 Å². The van der Waals surface area contributed by atoms with Gasteiger partial charge in [-0.15, -0.1) is 0 Å². The summed E-state index contributed by atoms with van der Waals surface area (Å²) >= 11 is 0. The monoisotopic (exact) mass is 572 g/mol. The predicted octanol–water partition coefficient (Wildman–Crippen LogP) is 3.13. The van der Waals surface area contributed by atoms with Gasteiger partial charge in [-0.1, -0.05) is 13.8 Å². The van der Waals surface area contributed by atoms with Crippen molar-refractivity contribution in [2.75, 3.05) is 56.9 Å². The summed E-state index contributed by atoms with van der Waals surface area (Å²) in [6.45, 7) is 10.4. The molecule has 2 heterocycles. The summed E-state index contributed by atoms with van der Waals surface area (Å²) in [5.41, 5.74) is 0.455. The topological polar surface area (TPSA) is 109 Å². The van der Waals surface area contributed by atoms with Crippen molar-refractivity contribution in [1.82, 2.24) is 10.6 Å². The SMILES string of the molecule is COCCCN1C(=O)C(C)(C)Oc2ccc(N(C(=O)[C@H]3CNC[C@@H](C(=O)N[C@@H](COC)CC(C)C)C3)C3CC3)cc21. The minimum Gasteiger partial charge on any atom is -0.476 e. The van der Waals surface area contributed by atoms with Gasteiger partial charge in [0.2, 0.25) is 11.8 Å². The summed E-state index contributed by atoms with van der Waals surface area (Å²) in [6.07, 6.45) is 3.88. The molecule has 4 rings (SSSR count). The Morgan fingerprint density at radius 2 is 1.90 bits per heavy atom. The maximum absolute atomic E-state index is 14.1. The van der Waals surface area contributed by atoms with E-state index in [-0.39, 0.29) is 41.6 Å². The van der Waals surface area contributed by atoms with E-state index in [1.807, 2.05) is 23.1 Å². The molecule has 1 aromatic carbocycles. The molecular formula is C31H48N4O6. The minimum absolute atomic E-state index is 0.0161. The Balaban J connectivity index is 1.52. The quantitative estimate of drug-likeness (QED) is 0.350. The van der Waals surface area contributed by atoms with Gasteiger partial charge in [-0.05, 0) is 70.1 Å². The first-order valence-corrected chi connectivity index (χ1v) is 15.0. The van der Waals surface area contributed by atoms with E-state index in [1.54, 1.807) is 33.0 Å². The predicted molar refractivity (Wildman–Crippen MR) is 158 cm³/mol. The summed E-state index contributed by atoms with van der Waals surface area (Å²) in [5, 5.41) is 6.49. The number of piperidine rings is 1. The van der Waals surface area contributed by atoms with Gasteiger partial charge in [-0.2, -0.15) is 0 Å². The van der Waals surface area contributed by atoms with Gasteiger partial charge in [-0.25, -0.2) is 0 Å². The molecule has 0 aromatic heterocycles. The highest BCUT2D eigenvalue weighted by molar-refractivity contribution is 6.04. The largest absolute Gasteiger partial charge is 0.476 e. The van der Waals surface area contributed by atoms with Crippen LogP contribution >= 0.6 is 0 Å². The summed E-state index contributed by atoms with van der Waals surface area (Å²) < 4.78 is 16.6. The average Bonchev–Trinajstić information content (AvgIpc) is 3.76. The fraction of sp³-hybridized carbons (Fsp3) is 0.710. The number of nitrogens with zero attached hydrogens (tertiary/aromatic N) is 2. The first kappa shape index (κ1) is 31.3. The zero-order chi connectivity index (χ0) is 29.7. The Morgan fingerprint density at radius 1 is 1.17 bits per heavy atom. The van der Waals surface area contributed by atoms with E-state index in [4.69, 9.17) is 14.2 Å². The lowest BCUT2D eigenvalue weighted by atomic mass is 9.88. The molecule has 41 heavy (non-hydrogen) atoms. The van der Waals surface area contributed by atoms with Crippen LogP contribution in [-0.2, 0) is 23.9 Å². The Morgan fingerprint density at radius 3 is 2.56 bits per heavy atom. The van der Waals surface area contributed by atoms with E-state index >= 15 is 0 Å². The third-order valence-corrected chi connectivity index (χ3v) is 8.06.